The molecule has 1 fully saturated rings. The average molecular weight is 427 g/mol. The molecule has 1 aliphatic heterocycles. The van der Waals surface area contributed by atoms with Crippen LogP contribution in [0.3, 0.4) is 0 Å². The molecule has 0 aromatic heterocycles. The van der Waals surface area contributed by atoms with Gasteiger partial charge in [-0.3, -0.25) is 19.9 Å². The highest BCUT2D eigenvalue weighted by Crippen LogP contribution is 2.47. The molecule has 0 saturated heterocycles. The third-order valence-corrected chi connectivity index (χ3v) is 6.03. The fourth-order valence-electron chi connectivity index (χ4n) is 4.62. The van der Waals surface area contributed by atoms with Gasteiger partial charge in [0.2, 0.25) is 0 Å². The van der Waals surface area contributed by atoms with Gasteiger partial charge in [-0.05, 0) is 30.7 Å². The number of carbonyl (C=O) groups is 2. The van der Waals surface area contributed by atoms with Crippen LogP contribution in [-0.4, -0.2) is 29.0 Å². The predicted molar refractivity (Wildman–Crippen MR) is 118 cm³/mol. The van der Waals surface area contributed by atoms with Crippen molar-refractivity contribution in [3.8, 4) is 0 Å². The summed E-state index contributed by atoms with van der Waals surface area (Å²) in [6.07, 6.45) is 3.84. The number of benzene rings is 1. The highest BCUT2D eigenvalue weighted by Gasteiger charge is 2.47. The molecule has 31 heavy (non-hydrogen) atoms. The van der Waals surface area contributed by atoms with E-state index in [9.17, 15) is 19.7 Å². The maximum absolute atomic E-state index is 13.2. The van der Waals surface area contributed by atoms with Gasteiger partial charge >= 0.3 is 5.97 Å². The summed E-state index contributed by atoms with van der Waals surface area (Å²) in [6, 6.07) is 6.10. The largest absolute Gasteiger partial charge is 0.462 e. The van der Waals surface area contributed by atoms with Gasteiger partial charge in [0.1, 0.15) is 5.78 Å². The Morgan fingerprint density at radius 1 is 1.19 bits per heavy atom. The number of nitro benzene ring substituents is 1. The van der Waals surface area contributed by atoms with Gasteiger partial charge < -0.3 is 4.74 Å². The molecule has 0 spiro atoms. The average Bonchev–Trinajstić information content (AvgIpc) is 2.69. The van der Waals surface area contributed by atoms with E-state index in [-0.39, 0.29) is 16.9 Å². The number of carbonyl (C=O) groups excluding carboxylic acids is 2. The third-order valence-electron chi connectivity index (χ3n) is 6.03. The molecule has 3 rings (SSSR count). The number of aliphatic imine (C=N–C) groups is 1. The lowest BCUT2D eigenvalue weighted by atomic mass is 9.63. The lowest BCUT2D eigenvalue weighted by Crippen LogP contribution is -2.44. The highest BCUT2D eigenvalue weighted by molar-refractivity contribution is 6.12. The Morgan fingerprint density at radius 3 is 2.48 bits per heavy atom. The van der Waals surface area contributed by atoms with E-state index >= 15 is 0 Å². The second-order valence-corrected chi connectivity index (χ2v) is 9.23. The van der Waals surface area contributed by atoms with E-state index in [2.05, 4.69) is 11.9 Å². The van der Waals surface area contributed by atoms with Crippen LogP contribution in [0.4, 0.5) is 5.69 Å². The van der Waals surface area contributed by atoms with Crippen molar-refractivity contribution in [1.29, 1.82) is 0 Å². The quantitative estimate of drug-likeness (QED) is 0.260. The first-order chi connectivity index (χ1) is 14.6. The number of allylic oxidation sites excluding steroid dienone is 1. The molecular weight excluding hydrogens is 396 g/mol. The van der Waals surface area contributed by atoms with E-state index in [1.807, 2.05) is 13.8 Å². The number of unbranched alkanes of at least 4 members (excludes halogenated alkanes) is 2. The molecule has 1 saturated carbocycles. The van der Waals surface area contributed by atoms with Crippen LogP contribution in [0.25, 0.3) is 0 Å². The van der Waals surface area contributed by atoms with Crippen LogP contribution in [0.15, 0.2) is 40.5 Å². The molecule has 2 aliphatic rings. The maximum atomic E-state index is 13.2. The number of non-ortho nitro benzene ring substituents is 1. The van der Waals surface area contributed by atoms with Crippen molar-refractivity contribution in [3.05, 3.63) is 51.2 Å². The Hall–Kier alpha value is -2.83. The molecule has 1 aliphatic carbocycles. The van der Waals surface area contributed by atoms with E-state index < -0.39 is 22.7 Å². The van der Waals surface area contributed by atoms with E-state index in [0.717, 1.165) is 25.0 Å². The predicted octanol–water partition coefficient (Wildman–Crippen LogP) is 5.15. The summed E-state index contributed by atoms with van der Waals surface area (Å²) in [6.45, 7) is 8.25. The molecule has 166 valence electrons. The smallest absolute Gasteiger partial charge is 0.336 e. The molecular formula is C24H30N2O5. The normalized spacial score (nSPS) is 22.6. The van der Waals surface area contributed by atoms with Gasteiger partial charge in [-0.15, -0.1) is 0 Å². The highest BCUT2D eigenvalue weighted by atomic mass is 16.6. The number of ketones is 1. The molecule has 0 amide bonds. The fraction of sp³-hybridized carbons (Fsp3) is 0.542. The standard InChI is InChI=1S/C24H30N2O5/c1-5-6-7-12-31-23(28)20-15(2)25-18-13-24(3,4)14-19(27)22(18)21(20)16-8-10-17(11-9-16)26(29)30/h8-11,21-22H,5-7,12-14H2,1-4H3. The zero-order valence-corrected chi connectivity index (χ0v) is 18.6. The van der Waals surface area contributed by atoms with Crippen LogP contribution in [-0.2, 0) is 14.3 Å². The Bertz CT molecular complexity index is 943. The molecule has 2 unspecified atom stereocenters. The first-order valence-corrected chi connectivity index (χ1v) is 10.9. The number of hydrogen-bond acceptors (Lipinski definition) is 6. The molecule has 1 heterocycles. The van der Waals surface area contributed by atoms with E-state index in [1.165, 1.54) is 12.1 Å². The molecule has 7 heteroatoms. The summed E-state index contributed by atoms with van der Waals surface area (Å²) in [4.78, 5) is 41.6. The third kappa shape index (κ3) is 4.92. The fourth-order valence-corrected chi connectivity index (χ4v) is 4.62. The summed E-state index contributed by atoms with van der Waals surface area (Å²) in [5.74, 6) is -1.51. The van der Waals surface area contributed by atoms with Gasteiger partial charge in [-0.25, -0.2) is 4.79 Å². The SMILES string of the molecule is CCCCCOC(=O)C1=C(C)N=C2CC(C)(C)CC(=O)C2C1c1ccc([N+](=O)[O-])cc1. The molecule has 7 nitrogen and oxygen atoms in total. The molecule has 2 atom stereocenters. The first-order valence-electron chi connectivity index (χ1n) is 10.9. The van der Waals surface area contributed by atoms with Crippen molar-refractivity contribution in [2.75, 3.05) is 6.61 Å². The zero-order chi connectivity index (χ0) is 22.8. The van der Waals surface area contributed by atoms with Crippen molar-refractivity contribution >= 4 is 23.2 Å². The zero-order valence-electron chi connectivity index (χ0n) is 18.6. The van der Waals surface area contributed by atoms with Crippen molar-refractivity contribution in [1.82, 2.24) is 0 Å². The minimum atomic E-state index is -0.546. The number of hydrogen-bond donors (Lipinski definition) is 0. The van der Waals surface area contributed by atoms with E-state index in [0.29, 0.717) is 36.3 Å². The van der Waals surface area contributed by atoms with Crippen LogP contribution < -0.4 is 0 Å². The number of esters is 1. The lowest BCUT2D eigenvalue weighted by molar-refractivity contribution is -0.384. The number of nitrogens with zero attached hydrogens (tertiary/aromatic N) is 2. The van der Waals surface area contributed by atoms with Crippen LogP contribution >= 0.6 is 0 Å². The van der Waals surface area contributed by atoms with Gasteiger partial charge in [0.05, 0.1) is 23.0 Å². The summed E-state index contributed by atoms with van der Waals surface area (Å²) in [5, 5.41) is 11.1. The molecule has 1 aromatic carbocycles. The first kappa shape index (κ1) is 22.8. The number of Topliss-reactive ketones (excluding diaryl/α,β-unsaturated/α-hetero) is 1. The molecule has 1 aromatic rings. The van der Waals surface area contributed by atoms with Gasteiger partial charge in [0.15, 0.2) is 0 Å². The molecule has 0 bridgehead atoms. The number of nitro groups is 1. The lowest BCUT2D eigenvalue weighted by Gasteiger charge is -2.41. The van der Waals surface area contributed by atoms with Crippen molar-refractivity contribution < 1.29 is 19.2 Å². The number of fused-ring (bicyclic) bond motifs is 1. The van der Waals surface area contributed by atoms with Gasteiger partial charge in [-0.2, -0.15) is 0 Å². The van der Waals surface area contributed by atoms with Crippen LogP contribution in [0.5, 0.6) is 0 Å². The minimum absolute atomic E-state index is 0.0334. The van der Waals surface area contributed by atoms with Gasteiger partial charge in [0, 0.05) is 35.9 Å². The topological polar surface area (TPSA) is 98.9 Å². The van der Waals surface area contributed by atoms with E-state index in [4.69, 9.17) is 4.74 Å². The van der Waals surface area contributed by atoms with Crippen LogP contribution in [0.1, 0.15) is 71.3 Å². The minimum Gasteiger partial charge on any atom is -0.462 e. The number of rotatable bonds is 7. The second-order valence-electron chi connectivity index (χ2n) is 9.23. The van der Waals surface area contributed by atoms with E-state index in [1.54, 1.807) is 19.1 Å². The second kappa shape index (κ2) is 9.12. The monoisotopic (exact) mass is 426 g/mol. The Morgan fingerprint density at radius 2 is 1.87 bits per heavy atom. The van der Waals surface area contributed by atoms with Gasteiger partial charge in [0.25, 0.3) is 5.69 Å². The van der Waals surface area contributed by atoms with Crippen molar-refractivity contribution in [2.45, 2.75) is 65.7 Å². The summed E-state index contributed by atoms with van der Waals surface area (Å²) < 4.78 is 5.54. The molecule has 0 N–H and O–H groups in total. The van der Waals surface area contributed by atoms with Crippen molar-refractivity contribution in [3.63, 3.8) is 0 Å². The summed E-state index contributed by atoms with van der Waals surface area (Å²) >= 11 is 0. The van der Waals surface area contributed by atoms with Crippen molar-refractivity contribution in [2.24, 2.45) is 16.3 Å². The van der Waals surface area contributed by atoms with Crippen LogP contribution in [0.2, 0.25) is 0 Å². The Kier molecular flexibility index (Phi) is 6.72. The Balaban J connectivity index is 2.03. The molecule has 0 radical (unpaired) electrons. The summed E-state index contributed by atoms with van der Waals surface area (Å²) in [7, 11) is 0. The Labute approximate surface area is 182 Å². The summed E-state index contributed by atoms with van der Waals surface area (Å²) in [5.41, 5.74) is 2.19. The van der Waals surface area contributed by atoms with Crippen LogP contribution in [0, 0.1) is 21.4 Å². The van der Waals surface area contributed by atoms with Gasteiger partial charge in [-0.1, -0.05) is 45.7 Å². The maximum Gasteiger partial charge on any atom is 0.336 e. The number of ether oxygens (including phenoxy) is 1.